The second kappa shape index (κ2) is 4.09. The highest BCUT2D eigenvalue weighted by Gasteiger charge is 2.32. The first kappa shape index (κ1) is 11.7. The molecule has 0 N–H and O–H groups in total. The fourth-order valence-electron chi connectivity index (χ4n) is 2.84. The Morgan fingerprint density at radius 2 is 2.17 bits per heavy atom. The molecule has 1 unspecified atom stereocenters. The van der Waals surface area contributed by atoms with E-state index in [9.17, 15) is 0 Å². The third-order valence-electron chi connectivity index (χ3n) is 3.79. The monoisotopic (exact) mass is 244 g/mol. The summed E-state index contributed by atoms with van der Waals surface area (Å²) in [5.74, 6) is 1.07. The average Bonchev–Trinajstić information content (AvgIpc) is 2.81. The van der Waals surface area contributed by atoms with E-state index < -0.39 is 0 Å². The molecule has 0 bridgehead atoms. The molecule has 1 aromatic carbocycles. The van der Waals surface area contributed by atoms with E-state index in [0.717, 1.165) is 30.7 Å². The SMILES string of the molecule is Cc1nc2ccccc2n1CC1CCC(C)(C)O1. The highest BCUT2D eigenvalue weighted by atomic mass is 16.5. The zero-order valence-corrected chi connectivity index (χ0v) is 11.3. The summed E-state index contributed by atoms with van der Waals surface area (Å²) in [6.07, 6.45) is 2.60. The molecular formula is C15H20N2O. The van der Waals surface area contributed by atoms with E-state index in [1.54, 1.807) is 0 Å². The maximum Gasteiger partial charge on any atom is 0.106 e. The molecule has 0 amide bonds. The van der Waals surface area contributed by atoms with Crippen LogP contribution in [0.3, 0.4) is 0 Å². The topological polar surface area (TPSA) is 27.1 Å². The highest BCUT2D eigenvalue weighted by Crippen LogP contribution is 2.31. The van der Waals surface area contributed by atoms with E-state index in [1.807, 2.05) is 6.07 Å². The first-order chi connectivity index (χ1) is 8.55. The largest absolute Gasteiger partial charge is 0.370 e. The van der Waals surface area contributed by atoms with E-state index >= 15 is 0 Å². The Hall–Kier alpha value is -1.35. The van der Waals surface area contributed by atoms with Crippen LogP contribution in [0.1, 0.15) is 32.5 Å². The van der Waals surface area contributed by atoms with Gasteiger partial charge in [-0.1, -0.05) is 12.1 Å². The molecule has 1 fully saturated rings. The molecule has 1 saturated heterocycles. The number of hydrogen-bond donors (Lipinski definition) is 0. The molecular weight excluding hydrogens is 224 g/mol. The zero-order chi connectivity index (χ0) is 12.8. The summed E-state index contributed by atoms with van der Waals surface area (Å²) in [4.78, 5) is 4.60. The molecule has 96 valence electrons. The lowest BCUT2D eigenvalue weighted by molar-refractivity contribution is -0.0214. The van der Waals surface area contributed by atoms with E-state index in [1.165, 1.54) is 5.52 Å². The number of imidazole rings is 1. The van der Waals surface area contributed by atoms with Crippen molar-refractivity contribution in [2.24, 2.45) is 0 Å². The van der Waals surface area contributed by atoms with Gasteiger partial charge >= 0.3 is 0 Å². The number of nitrogens with zero attached hydrogens (tertiary/aromatic N) is 2. The van der Waals surface area contributed by atoms with Gasteiger partial charge in [0.1, 0.15) is 5.82 Å². The van der Waals surface area contributed by atoms with Gasteiger partial charge < -0.3 is 9.30 Å². The second-order valence-corrected chi connectivity index (χ2v) is 5.80. The minimum atomic E-state index is 0.0367. The smallest absolute Gasteiger partial charge is 0.106 e. The van der Waals surface area contributed by atoms with Crippen LogP contribution in [0.2, 0.25) is 0 Å². The molecule has 2 heterocycles. The summed E-state index contributed by atoms with van der Waals surface area (Å²) < 4.78 is 8.36. The van der Waals surface area contributed by atoms with Gasteiger partial charge in [-0.15, -0.1) is 0 Å². The van der Waals surface area contributed by atoms with Gasteiger partial charge in [-0.3, -0.25) is 0 Å². The van der Waals surface area contributed by atoms with Crippen molar-refractivity contribution < 1.29 is 4.74 Å². The molecule has 1 aliphatic rings. The number of para-hydroxylation sites is 2. The molecule has 2 aromatic rings. The van der Waals surface area contributed by atoms with Gasteiger partial charge in [0.2, 0.25) is 0 Å². The standard InChI is InChI=1S/C15H20N2O/c1-11-16-13-6-4-5-7-14(13)17(11)10-12-8-9-15(2,3)18-12/h4-7,12H,8-10H2,1-3H3. The lowest BCUT2D eigenvalue weighted by Crippen LogP contribution is -2.23. The molecule has 1 atom stereocenters. The molecule has 3 nitrogen and oxygen atoms in total. The number of benzene rings is 1. The molecule has 1 aromatic heterocycles. The second-order valence-electron chi connectivity index (χ2n) is 5.80. The zero-order valence-electron chi connectivity index (χ0n) is 11.3. The van der Waals surface area contributed by atoms with Crippen LogP contribution in [0, 0.1) is 6.92 Å². The highest BCUT2D eigenvalue weighted by molar-refractivity contribution is 5.75. The Labute approximate surface area is 108 Å². The van der Waals surface area contributed by atoms with Crippen LogP contribution in [0.25, 0.3) is 11.0 Å². The molecule has 3 rings (SSSR count). The van der Waals surface area contributed by atoms with Crippen LogP contribution in [0.4, 0.5) is 0 Å². The number of ether oxygens (including phenoxy) is 1. The van der Waals surface area contributed by atoms with Crippen LogP contribution in [-0.4, -0.2) is 21.3 Å². The fraction of sp³-hybridized carbons (Fsp3) is 0.533. The normalized spacial score (nSPS) is 22.7. The fourth-order valence-corrected chi connectivity index (χ4v) is 2.84. The van der Waals surface area contributed by atoms with Crippen molar-refractivity contribution in [2.75, 3.05) is 0 Å². The summed E-state index contributed by atoms with van der Waals surface area (Å²) in [5, 5.41) is 0. The van der Waals surface area contributed by atoms with Crippen molar-refractivity contribution in [1.29, 1.82) is 0 Å². The number of aromatic nitrogens is 2. The van der Waals surface area contributed by atoms with E-state index in [0.29, 0.717) is 6.10 Å². The van der Waals surface area contributed by atoms with Gasteiger partial charge in [0.25, 0.3) is 0 Å². The molecule has 3 heteroatoms. The number of aryl methyl sites for hydroxylation is 1. The summed E-state index contributed by atoms with van der Waals surface area (Å²) in [7, 11) is 0. The first-order valence-electron chi connectivity index (χ1n) is 6.65. The number of hydrogen-bond acceptors (Lipinski definition) is 2. The van der Waals surface area contributed by atoms with Crippen molar-refractivity contribution >= 4 is 11.0 Å². The molecule has 0 saturated carbocycles. The van der Waals surface area contributed by atoms with E-state index in [-0.39, 0.29) is 5.60 Å². The summed E-state index contributed by atoms with van der Waals surface area (Å²) in [5.41, 5.74) is 2.32. The molecule has 1 aliphatic heterocycles. The van der Waals surface area contributed by atoms with Gasteiger partial charge in [-0.2, -0.15) is 0 Å². The lowest BCUT2D eigenvalue weighted by Gasteiger charge is -2.20. The average molecular weight is 244 g/mol. The summed E-state index contributed by atoms with van der Waals surface area (Å²) >= 11 is 0. The third-order valence-corrected chi connectivity index (χ3v) is 3.79. The maximum atomic E-state index is 6.08. The van der Waals surface area contributed by atoms with Crippen molar-refractivity contribution in [1.82, 2.24) is 9.55 Å². The van der Waals surface area contributed by atoms with Gasteiger partial charge in [0, 0.05) is 0 Å². The van der Waals surface area contributed by atoms with Crippen LogP contribution in [-0.2, 0) is 11.3 Å². The Morgan fingerprint density at radius 1 is 1.39 bits per heavy atom. The van der Waals surface area contributed by atoms with Crippen molar-refractivity contribution in [3.63, 3.8) is 0 Å². The minimum Gasteiger partial charge on any atom is -0.370 e. The van der Waals surface area contributed by atoms with Gasteiger partial charge in [-0.05, 0) is 45.7 Å². The minimum absolute atomic E-state index is 0.0367. The van der Waals surface area contributed by atoms with E-state index in [4.69, 9.17) is 4.74 Å². The van der Waals surface area contributed by atoms with Crippen LogP contribution < -0.4 is 0 Å². The predicted octanol–water partition coefficient (Wildman–Crippen LogP) is 3.30. The van der Waals surface area contributed by atoms with E-state index in [2.05, 4.69) is 48.5 Å². The third kappa shape index (κ3) is 2.03. The summed E-state index contributed by atoms with van der Waals surface area (Å²) in [6.45, 7) is 7.33. The van der Waals surface area contributed by atoms with Crippen molar-refractivity contribution in [2.45, 2.75) is 51.9 Å². The van der Waals surface area contributed by atoms with Gasteiger partial charge in [0.05, 0.1) is 29.3 Å². The first-order valence-corrected chi connectivity index (χ1v) is 6.65. The Morgan fingerprint density at radius 3 is 2.89 bits per heavy atom. The maximum absolute atomic E-state index is 6.08. The Kier molecular flexibility index (Phi) is 2.67. The number of rotatable bonds is 2. The molecule has 0 spiro atoms. The van der Waals surface area contributed by atoms with Crippen LogP contribution >= 0.6 is 0 Å². The molecule has 0 aliphatic carbocycles. The lowest BCUT2D eigenvalue weighted by atomic mass is 10.1. The Balaban J connectivity index is 1.89. The van der Waals surface area contributed by atoms with Crippen LogP contribution in [0.5, 0.6) is 0 Å². The molecule has 0 radical (unpaired) electrons. The summed E-state index contributed by atoms with van der Waals surface area (Å²) in [6, 6.07) is 8.31. The van der Waals surface area contributed by atoms with Crippen molar-refractivity contribution in [3.8, 4) is 0 Å². The molecule has 18 heavy (non-hydrogen) atoms. The number of fused-ring (bicyclic) bond motifs is 1. The van der Waals surface area contributed by atoms with Crippen molar-refractivity contribution in [3.05, 3.63) is 30.1 Å². The quantitative estimate of drug-likeness (QED) is 0.810. The Bertz CT molecular complexity index is 571. The van der Waals surface area contributed by atoms with Crippen LogP contribution in [0.15, 0.2) is 24.3 Å². The predicted molar refractivity (Wildman–Crippen MR) is 72.7 cm³/mol. The van der Waals surface area contributed by atoms with Gasteiger partial charge in [0.15, 0.2) is 0 Å². The van der Waals surface area contributed by atoms with Gasteiger partial charge in [-0.25, -0.2) is 4.98 Å².